The van der Waals surface area contributed by atoms with Gasteiger partial charge in [0.25, 0.3) is 5.91 Å². The molecule has 160 valence electrons. The Hall–Kier alpha value is -2.93. The first-order chi connectivity index (χ1) is 15.0. The van der Waals surface area contributed by atoms with Gasteiger partial charge in [0.05, 0.1) is 10.9 Å². The summed E-state index contributed by atoms with van der Waals surface area (Å²) in [6.07, 6.45) is 1.29. The molecule has 2 heterocycles. The molecule has 7 heteroatoms. The molecule has 0 aromatic heterocycles. The quantitative estimate of drug-likeness (QED) is 0.707. The Morgan fingerprint density at radius 2 is 1.84 bits per heavy atom. The van der Waals surface area contributed by atoms with Gasteiger partial charge in [-0.2, -0.15) is 0 Å². The third kappa shape index (κ3) is 4.42. The van der Waals surface area contributed by atoms with Gasteiger partial charge in [-0.3, -0.25) is 14.6 Å². The van der Waals surface area contributed by atoms with Crippen molar-refractivity contribution in [3.8, 4) is 0 Å². The van der Waals surface area contributed by atoms with E-state index < -0.39 is 6.04 Å². The highest BCUT2D eigenvalue weighted by molar-refractivity contribution is 8.15. The van der Waals surface area contributed by atoms with Crippen molar-refractivity contribution in [3.05, 3.63) is 60.2 Å². The standard InChI is InChI=1S/C24H26N4O2S/c1-4-20(22(29)25-16-10-6-5-7-11-16)31-24-27-18-13-9-8-12-17(18)21-26-19(14-15(2)3)23(30)28(21)24/h5-13,15,19-20H,4,14H2,1-3H3,(H,25,29)/t19-,20+/m1/s1. The highest BCUT2D eigenvalue weighted by Crippen LogP contribution is 2.36. The number of amidine groups is 2. The summed E-state index contributed by atoms with van der Waals surface area (Å²) < 4.78 is 0. The molecule has 4 rings (SSSR count). The van der Waals surface area contributed by atoms with E-state index in [1.807, 2.05) is 61.5 Å². The number of carbonyl (C=O) groups is 2. The highest BCUT2D eigenvalue weighted by Gasteiger charge is 2.42. The van der Waals surface area contributed by atoms with Gasteiger partial charge in [-0.25, -0.2) is 9.89 Å². The minimum atomic E-state index is -0.412. The lowest BCUT2D eigenvalue weighted by Crippen LogP contribution is -2.42. The van der Waals surface area contributed by atoms with E-state index in [9.17, 15) is 9.59 Å². The van der Waals surface area contributed by atoms with Crippen LogP contribution in [0.25, 0.3) is 0 Å². The van der Waals surface area contributed by atoms with Crippen LogP contribution in [0.15, 0.2) is 64.6 Å². The number of anilines is 1. The molecule has 31 heavy (non-hydrogen) atoms. The fourth-order valence-corrected chi connectivity index (χ4v) is 4.69. The minimum absolute atomic E-state index is 0.0669. The summed E-state index contributed by atoms with van der Waals surface area (Å²) in [6, 6.07) is 16.7. The van der Waals surface area contributed by atoms with Crippen LogP contribution in [0.1, 0.15) is 39.2 Å². The maximum Gasteiger partial charge on any atom is 0.259 e. The van der Waals surface area contributed by atoms with Crippen LogP contribution in [0.2, 0.25) is 0 Å². The van der Waals surface area contributed by atoms with E-state index in [0.29, 0.717) is 29.8 Å². The van der Waals surface area contributed by atoms with Crippen LogP contribution in [0, 0.1) is 5.92 Å². The van der Waals surface area contributed by atoms with Gasteiger partial charge in [-0.1, -0.05) is 62.9 Å². The lowest BCUT2D eigenvalue weighted by atomic mass is 10.0. The minimum Gasteiger partial charge on any atom is -0.325 e. The summed E-state index contributed by atoms with van der Waals surface area (Å²) in [5.41, 5.74) is 2.38. The summed E-state index contributed by atoms with van der Waals surface area (Å²) in [4.78, 5) is 37.3. The molecule has 2 atom stereocenters. The zero-order chi connectivity index (χ0) is 22.0. The normalized spacial score (nSPS) is 18.3. The van der Waals surface area contributed by atoms with Gasteiger partial charge in [0.1, 0.15) is 11.9 Å². The Bertz CT molecular complexity index is 1050. The van der Waals surface area contributed by atoms with Gasteiger partial charge in [0.15, 0.2) is 5.17 Å². The molecule has 0 aliphatic carbocycles. The van der Waals surface area contributed by atoms with E-state index >= 15 is 0 Å². The zero-order valence-electron chi connectivity index (χ0n) is 17.9. The molecule has 0 bridgehead atoms. The molecule has 2 aliphatic rings. The molecule has 1 N–H and O–H groups in total. The van der Waals surface area contributed by atoms with Crippen LogP contribution in [0.5, 0.6) is 0 Å². The molecular formula is C24H26N4O2S. The molecule has 2 amide bonds. The van der Waals surface area contributed by atoms with E-state index in [1.165, 1.54) is 11.8 Å². The zero-order valence-corrected chi connectivity index (χ0v) is 18.7. The van der Waals surface area contributed by atoms with E-state index in [1.54, 1.807) is 4.90 Å². The van der Waals surface area contributed by atoms with Crippen molar-refractivity contribution in [3.63, 3.8) is 0 Å². The molecule has 2 aromatic carbocycles. The fraction of sp³-hybridized carbons (Fsp3) is 0.333. The average molecular weight is 435 g/mol. The Kier molecular flexibility index (Phi) is 6.23. The highest BCUT2D eigenvalue weighted by atomic mass is 32.2. The second-order valence-corrected chi connectivity index (χ2v) is 9.22. The third-order valence-electron chi connectivity index (χ3n) is 5.19. The van der Waals surface area contributed by atoms with Crippen molar-refractivity contribution in [2.24, 2.45) is 15.9 Å². The number of nitrogens with one attached hydrogen (secondary N) is 1. The summed E-state index contributed by atoms with van der Waals surface area (Å²) in [5, 5.41) is 3.09. The predicted octanol–water partition coefficient (Wildman–Crippen LogP) is 4.84. The van der Waals surface area contributed by atoms with E-state index in [4.69, 9.17) is 9.98 Å². The first-order valence-electron chi connectivity index (χ1n) is 10.6. The van der Waals surface area contributed by atoms with Crippen LogP contribution in [-0.2, 0) is 9.59 Å². The average Bonchev–Trinajstić information content (AvgIpc) is 3.08. The summed E-state index contributed by atoms with van der Waals surface area (Å²) in [7, 11) is 0. The lowest BCUT2D eigenvalue weighted by Gasteiger charge is -2.27. The number of amides is 2. The summed E-state index contributed by atoms with van der Waals surface area (Å²) >= 11 is 1.32. The molecule has 2 aromatic rings. The number of para-hydroxylation sites is 2. The van der Waals surface area contributed by atoms with Crippen molar-refractivity contribution >= 4 is 46.0 Å². The second kappa shape index (κ2) is 9.06. The van der Waals surface area contributed by atoms with Gasteiger partial charge in [-0.05, 0) is 43.0 Å². The van der Waals surface area contributed by atoms with E-state index in [2.05, 4.69) is 19.2 Å². The van der Waals surface area contributed by atoms with Crippen LogP contribution in [0.4, 0.5) is 11.4 Å². The van der Waals surface area contributed by atoms with Crippen LogP contribution >= 0.6 is 11.8 Å². The number of rotatable bonds is 6. The van der Waals surface area contributed by atoms with E-state index in [-0.39, 0.29) is 17.1 Å². The van der Waals surface area contributed by atoms with Crippen molar-refractivity contribution in [1.29, 1.82) is 0 Å². The van der Waals surface area contributed by atoms with E-state index in [0.717, 1.165) is 16.9 Å². The van der Waals surface area contributed by atoms with Gasteiger partial charge in [0.2, 0.25) is 5.91 Å². The Morgan fingerprint density at radius 1 is 1.13 bits per heavy atom. The second-order valence-electron chi connectivity index (χ2n) is 8.05. The van der Waals surface area contributed by atoms with Crippen molar-refractivity contribution in [2.75, 3.05) is 5.32 Å². The molecule has 0 spiro atoms. The smallest absolute Gasteiger partial charge is 0.259 e. The number of nitrogens with zero attached hydrogens (tertiary/aromatic N) is 3. The maximum atomic E-state index is 13.2. The molecule has 0 fully saturated rings. The molecule has 2 aliphatic heterocycles. The van der Waals surface area contributed by atoms with Crippen molar-refractivity contribution in [2.45, 2.75) is 44.9 Å². The van der Waals surface area contributed by atoms with Gasteiger partial charge >= 0.3 is 0 Å². The number of hydrogen-bond acceptors (Lipinski definition) is 5. The first-order valence-corrected chi connectivity index (χ1v) is 11.5. The van der Waals surface area contributed by atoms with Gasteiger partial charge in [0, 0.05) is 11.3 Å². The number of aliphatic imine (C=N–C) groups is 2. The van der Waals surface area contributed by atoms with Crippen molar-refractivity contribution < 1.29 is 9.59 Å². The van der Waals surface area contributed by atoms with Crippen LogP contribution < -0.4 is 5.32 Å². The van der Waals surface area contributed by atoms with Gasteiger partial charge in [-0.15, -0.1) is 0 Å². The maximum absolute atomic E-state index is 13.2. The first kappa shape index (κ1) is 21.3. The lowest BCUT2D eigenvalue weighted by molar-refractivity contribution is -0.125. The SMILES string of the molecule is CC[C@H](SC1=Nc2ccccc2C2=N[C@H](CC(C)C)C(=O)N12)C(=O)Nc1ccccc1. The van der Waals surface area contributed by atoms with Crippen LogP contribution in [0.3, 0.4) is 0 Å². The number of hydrogen-bond donors (Lipinski definition) is 1. The Labute approximate surface area is 186 Å². The largest absolute Gasteiger partial charge is 0.325 e. The molecule has 0 unspecified atom stereocenters. The number of carbonyl (C=O) groups excluding carboxylic acids is 2. The third-order valence-corrected chi connectivity index (χ3v) is 6.51. The Balaban J connectivity index is 1.62. The molecule has 0 saturated carbocycles. The monoisotopic (exact) mass is 434 g/mol. The van der Waals surface area contributed by atoms with Crippen molar-refractivity contribution in [1.82, 2.24) is 4.90 Å². The summed E-state index contributed by atoms with van der Waals surface area (Å²) in [5.74, 6) is 0.817. The number of benzene rings is 2. The van der Waals surface area contributed by atoms with Crippen LogP contribution in [-0.4, -0.2) is 39.0 Å². The van der Waals surface area contributed by atoms with Gasteiger partial charge < -0.3 is 5.32 Å². The predicted molar refractivity (Wildman–Crippen MR) is 127 cm³/mol. The number of fused-ring (bicyclic) bond motifs is 3. The molecule has 0 radical (unpaired) electrons. The summed E-state index contributed by atoms with van der Waals surface area (Å²) in [6.45, 7) is 6.13. The fourth-order valence-electron chi connectivity index (χ4n) is 3.67. The molecular weight excluding hydrogens is 408 g/mol. The molecule has 6 nitrogen and oxygen atoms in total. The number of thioether (sulfide) groups is 1. The molecule has 0 saturated heterocycles. The Morgan fingerprint density at radius 3 is 2.55 bits per heavy atom. The topological polar surface area (TPSA) is 74.1 Å².